The lowest BCUT2D eigenvalue weighted by atomic mass is 10.1. The minimum absolute atomic E-state index is 0.259. The van der Waals surface area contributed by atoms with E-state index >= 15 is 0 Å². The van der Waals surface area contributed by atoms with Crippen LogP contribution in [0.1, 0.15) is 16.7 Å². The lowest BCUT2D eigenvalue weighted by molar-refractivity contribution is 0.624. The zero-order valence-electron chi connectivity index (χ0n) is 15.0. The van der Waals surface area contributed by atoms with Crippen LogP contribution in [0.3, 0.4) is 0 Å². The first-order valence-corrected chi connectivity index (χ1v) is 9.37. The fourth-order valence-corrected chi connectivity index (χ4v) is 3.10. The van der Waals surface area contributed by atoms with Crippen molar-refractivity contribution in [3.63, 3.8) is 0 Å². The molecule has 5 nitrogen and oxygen atoms in total. The van der Waals surface area contributed by atoms with Crippen LogP contribution in [-0.2, 0) is 19.6 Å². The zero-order chi connectivity index (χ0) is 19.1. The Kier molecular flexibility index (Phi) is 6.59. The minimum Gasteiger partial charge on any atom is -0.352 e. The highest BCUT2D eigenvalue weighted by Crippen LogP contribution is 2.17. The second-order valence-corrected chi connectivity index (χ2v) is 6.84. The molecule has 0 amide bonds. The predicted molar refractivity (Wildman–Crippen MR) is 109 cm³/mol. The van der Waals surface area contributed by atoms with Crippen LogP contribution in [0, 0.1) is 5.82 Å². The van der Waals surface area contributed by atoms with E-state index in [9.17, 15) is 4.39 Å². The van der Waals surface area contributed by atoms with Gasteiger partial charge in [0, 0.05) is 37.0 Å². The maximum atomic E-state index is 13.4. The van der Waals surface area contributed by atoms with Crippen LogP contribution in [0.2, 0.25) is 0 Å². The van der Waals surface area contributed by atoms with Crippen LogP contribution >= 0.6 is 15.9 Å². The van der Waals surface area contributed by atoms with E-state index in [1.54, 1.807) is 19.3 Å². The number of halogens is 2. The third-order valence-electron chi connectivity index (χ3n) is 4.13. The largest absolute Gasteiger partial charge is 0.352 e. The van der Waals surface area contributed by atoms with Crippen molar-refractivity contribution in [3.8, 4) is 0 Å². The van der Waals surface area contributed by atoms with Crippen molar-refractivity contribution < 1.29 is 4.39 Å². The number of aromatic nitrogens is 2. The Bertz CT molecular complexity index is 908. The zero-order valence-corrected chi connectivity index (χ0v) is 16.6. The van der Waals surface area contributed by atoms with E-state index in [2.05, 4.69) is 48.8 Å². The van der Waals surface area contributed by atoms with E-state index in [4.69, 9.17) is 0 Å². The van der Waals surface area contributed by atoms with Crippen molar-refractivity contribution in [1.29, 1.82) is 0 Å². The molecule has 1 aromatic heterocycles. The molecule has 2 N–H and O–H groups in total. The van der Waals surface area contributed by atoms with Gasteiger partial charge in [-0.1, -0.05) is 40.2 Å². The number of rotatable bonds is 6. The molecule has 0 spiro atoms. The maximum absolute atomic E-state index is 13.4. The molecule has 7 heteroatoms. The summed E-state index contributed by atoms with van der Waals surface area (Å²) in [4.78, 5) is 4.24. The topological polar surface area (TPSA) is 54.2 Å². The van der Waals surface area contributed by atoms with Crippen molar-refractivity contribution in [2.45, 2.75) is 19.6 Å². The third-order valence-corrected chi connectivity index (χ3v) is 4.91. The summed E-state index contributed by atoms with van der Waals surface area (Å²) >= 11 is 3.44. The van der Waals surface area contributed by atoms with Crippen molar-refractivity contribution in [1.82, 2.24) is 20.4 Å². The van der Waals surface area contributed by atoms with Gasteiger partial charge < -0.3 is 10.6 Å². The molecule has 0 saturated heterocycles. The SMILES string of the molecule is CN=C(NCc1cc(F)ccc1Br)NCc1ccccc1Cn1cccn1. The highest BCUT2D eigenvalue weighted by atomic mass is 79.9. The van der Waals surface area contributed by atoms with Gasteiger partial charge in [-0.3, -0.25) is 9.67 Å². The first kappa shape index (κ1) is 19.1. The Hall–Kier alpha value is -2.67. The van der Waals surface area contributed by atoms with E-state index in [0.717, 1.165) is 10.0 Å². The summed E-state index contributed by atoms with van der Waals surface area (Å²) in [5, 5.41) is 10.8. The smallest absolute Gasteiger partial charge is 0.191 e. The fraction of sp³-hybridized carbons (Fsp3) is 0.200. The molecule has 2 aromatic carbocycles. The van der Waals surface area contributed by atoms with Crippen molar-refractivity contribution in [2.24, 2.45) is 4.99 Å². The molecule has 0 aliphatic carbocycles. The average molecular weight is 430 g/mol. The summed E-state index contributed by atoms with van der Waals surface area (Å²) in [6.07, 6.45) is 3.72. The van der Waals surface area contributed by atoms with E-state index in [-0.39, 0.29) is 5.82 Å². The van der Waals surface area contributed by atoms with Gasteiger partial charge in [0.2, 0.25) is 0 Å². The monoisotopic (exact) mass is 429 g/mol. The van der Waals surface area contributed by atoms with Crippen molar-refractivity contribution in [3.05, 3.63) is 87.9 Å². The van der Waals surface area contributed by atoms with Crippen LogP contribution in [0.15, 0.2) is 70.4 Å². The number of benzene rings is 2. The lowest BCUT2D eigenvalue weighted by Gasteiger charge is -2.15. The maximum Gasteiger partial charge on any atom is 0.191 e. The molecular formula is C20H21BrFN5. The van der Waals surface area contributed by atoms with Gasteiger partial charge in [-0.2, -0.15) is 5.10 Å². The van der Waals surface area contributed by atoms with E-state index in [1.807, 2.05) is 29.1 Å². The molecule has 0 bridgehead atoms. The fourth-order valence-electron chi connectivity index (χ4n) is 2.71. The summed E-state index contributed by atoms with van der Waals surface area (Å²) < 4.78 is 16.2. The Morgan fingerprint density at radius 3 is 2.52 bits per heavy atom. The van der Waals surface area contributed by atoms with Crippen LogP contribution in [0.4, 0.5) is 4.39 Å². The van der Waals surface area contributed by atoms with Gasteiger partial charge >= 0.3 is 0 Å². The molecule has 1 heterocycles. The highest BCUT2D eigenvalue weighted by molar-refractivity contribution is 9.10. The molecule has 3 rings (SSSR count). The molecule has 0 fully saturated rings. The quantitative estimate of drug-likeness (QED) is 0.463. The van der Waals surface area contributed by atoms with E-state index in [0.29, 0.717) is 25.6 Å². The van der Waals surface area contributed by atoms with Crippen LogP contribution in [-0.4, -0.2) is 22.8 Å². The number of nitrogens with zero attached hydrogens (tertiary/aromatic N) is 3. The second-order valence-electron chi connectivity index (χ2n) is 5.99. The number of aliphatic imine (C=N–C) groups is 1. The number of hydrogen-bond acceptors (Lipinski definition) is 2. The lowest BCUT2D eigenvalue weighted by Crippen LogP contribution is -2.36. The molecule has 0 atom stereocenters. The standard InChI is InChI=1S/C20H21BrFN5/c1-23-20(25-13-17-11-18(22)7-8-19(17)21)24-12-15-5-2-3-6-16(15)14-27-10-4-9-26-27/h2-11H,12-14H2,1H3,(H2,23,24,25). The number of hydrogen-bond donors (Lipinski definition) is 2. The first-order chi connectivity index (χ1) is 13.2. The van der Waals surface area contributed by atoms with Gasteiger partial charge in [-0.05, 0) is 41.0 Å². The van der Waals surface area contributed by atoms with Crippen molar-refractivity contribution in [2.75, 3.05) is 7.05 Å². The molecule has 0 unspecified atom stereocenters. The Labute approximate surface area is 166 Å². The normalized spacial score (nSPS) is 11.4. The van der Waals surface area contributed by atoms with Gasteiger partial charge in [0.05, 0.1) is 6.54 Å². The summed E-state index contributed by atoms with van der Waals surface area (Å²) in [7, 11) is 1.71. The summed E-state index contributed by atoms with van der Waals surface area (Å²) in [6.45, 7) is 1.81. The Morgan fingerprint density at radius 1 is 1.07 bits per heavy atom. The van der Waals surface area contributed by atoms with Crippen LogP contribution in [0.5, 0.6) is 0 Å². The van der Waals surface area contributed by atoms with Gasteiger partial charge in [0.1, 0.15) is 5.82 Å². The van der Waals surface area contributed by atoms with Gasteiger partial charge in [0.25, 0.3) is 0 Å². The molecular weight excluding hydrogens is 409 g/mol. The average Bonchev–Trinajstić information content (AvgIpc) is 3.18. The minimum atomic E-state index is -0.259. The van der Waals surface area contributed by atoms with Crippen LogP contribution in [0.25, 0.3) is 0 Å². The van der Waals surface area contributed by atoms with Crippen molar-refractivity contribution >= 4 is 21.9 Å². The molecule has 0 aliphatic heterocycles. The second kappa shape index (κ2) is 9.32. The van der Waals surface area contributed by atoms with Gasteiger partial charge in [-0.15, -0.1) is 0 Å². The van der Waals surface area contributed by atoms with Crippen LogP contribution < -0.4 is 10.6 Å². The Morgan fingerprint density at radius 2 is 1.81 bits per heavy atom. The van der Waals surface area contributed by atoms with Gasteiger partial charge in [-0.25, -0.2) is 4.39 Å². The molecule has 27 heavy (non-hydrogen) atoms. The molecule has 0 saturated carbocycles. The molecule has 140 valence electrons. The summed E-state index contributed by atoms with van der Waals surface area (Å²) in [6, 6.07) is 14.8. The number of nitrogens with one attached hydrogen (secondary N) is 2. The van der Waals surface area contributed by atoms with E-state index < -0.39 is 0 Å². The molecule has 3 aromatic rings. The molecule has 0 radical (unpaired) electrons. The summed E-state index contributed by atoms with van der Waals surface area (Å²) in [5.74, 6) is 0.394. The van der Waals surface area contributed by atoms with E-state index in [1.165, 1.54) is 23.3 Å². The summed E-state index contributed by atoms with van der Waals surface area (Å²) in [5.41, 5.74) is 3.19. The van der Waals surface area contributed by atoms with Gasteiger partial charge in [0.15, 0.2) is 5.96 Å². The predicted octanol–water partition coefficient (Wildman–Crippen LogP) is 3.70. The highest BCUT2D eigenvalue weighted by Gasteiger charge is 2.06. The molecule has 0 aliphatic rings. The number of guanidine groups is 1. The third kappa shape index (κ3) is 5.40. The first-order valence-electron chi connectivity index (χ1n) is 8.58. The Balaban J connectivity index is 1.60.